The topological polar surface area (TPSA) is 32.3 Å². The van der Waals surface area contributed by atoms with Crippen molar-refractivity contribution in [2.24, 2.45) is 0 Å². The number of aryl methyl sites for hydroxylation is 1. The Balaban J connectivity index is 1.71. The average molecular weight is 268 g/mol. The van der Waals surface area contributed by atoms with E-state index in [-0.39, 0.29) is 0 Å². The second kappa shape index (κ2) is 5.49. The van der Waals surface area contributed by atoms with Gasteiger partial charge in [-0.15, -0.1) is 0 Å². The Labute approximate surface area is 120 Å². The van der Waals surface area contributed by atoms with E-state index in [9.17, 15) is 0 Å². The van der Waals surface area contributed by atoms with Gasteiger partial charge in [0.2, 0.25) is 0 Å². The molecule has 0 unspecified atom stereocenters. The third-order valence-electron chi connectivity index (χ3n) is 4.01. The SMILES string of the molecule is Cc1ncnc(N2CCN(c3ccccc3)CC2)c1C. The van der Waals surface area contributed by atoms with Crippen LogP contribution >= 0.6 is 0 Å². The number of rotatable bonds is 2. The summed E-state index contributed by atoms with van der Waals surface area (Å²) in [4.78, 5) is 13.5. The summed E-state index contributed by atoms with van der Waals surface area (Å²) in [6, 6.07) is 10.6. The lowest BCUT2D eigenvalue weighted by Crippen LogP contribution is -2.47. The van der Waals surface area contributed by atoms with Crippen molar-refractivity contribution in [3.63, 3.8) is 0 Å². The summed E-state index contributed by atoms with van der Waals surface area (Å²) in [5.41, 5.74) is 3.57. The van der Waals surface area contributed by atoms with Crippen LogP contribution in [0.4, 0.5) is 11.5 Å². The summed E-state index contributed by atoms with van der Waals surface area (Å²) in [6.07, 6.45) is 1.67. The molecule has 1 saturated heterocycles. The molecule has 1 aliphatic rings. The fourth-order valence-electron chi connectivity index (χ4n) is 2.66. The maximum atomic E-state index is 4.46. The van der Waals surface area contributed by atoms with Crippen LogP contribution in [0.1, 0.15) is 11.3 Å². The van der Waals surface area contributed by atoms with Crippen molar-refractivity contribution in [3.8, 4) is 0 Å². The third-order valence-corrected chi connectivity index (χ3v) is 4.01. The monoisotopic (exact) mass is 268 g/mol. The zero-order valence-corrected chi connectivity index (χ0v) is 12.1. The number of benzene rings is 1. The number of para-hydroxylation sites is 1. The summed E-state index contributed by atoms with van der Waals surface area (Å²) in [5.74, 6) is 1.09. The van der Waals surface area contributed by atoms with Gasteiger partial charge in [0.05, 0.1) is 0 Å². The first-order chi connectivity index (χ1) is 9.75. The summed E-state index contributed by atoms with van der Waals surface area (Å²) in [7, 11) is 0. The largest absolute Gasteiger partial charge is 0.368 e. The minimum Gasteiger partial charge on any atom is -0.368 e. The molecule has 4 heteroatoms. The highest BCUT2D eigenvalue weighted by atomic mass is 15.3. The molecule has 2 aromatic rings. The van der Waals surface area contributed by atoms with E-state index in [2.05, 4.69) is 57.0 Å². The molecular formula is C16H20N4. The third kappa shape index (κ3) is 2.46. The van der Waals surface area contributed by atoms with Gasteiger partial charge < -0.3 is 9.80 Å². The van der Waals surface area contributed by atoms with Gasteiger partial charge in [-0.3, -0.25) is 0 Å². The molecule has 0 aliphatic carbocycles. The van der Waals surface area contributed by atoms with Crippen molar-refractivity contribution in [1.29, 1.82) is 0 Å². The first kappa shape index (κ1) is 12.9. The van der Waals surface area contributed by atoms with Crippen LogP contribution in [-0.2, 0) is 0 Å². The first-order valence-electron chi connectivity index (χ1n) is 7.09. The molecule has 1 aromatic heterocycles. The van der Waals surface area contributed by atoms with Crippen molar-refractivity contribution in [1.82, 2.24) is 9.97 Å². The Bertz CT molecular complexity index is 574. The van der Waals surface area contributed by atoms with Crippen molar-refractivity contribution in [2.45, 2.75) is 13.8 Å². The van der Waals surface area contributed by atoms with Gasteiger partial charge in [0.15, 0.2) is 0 Å². The standard InChI is InChI=1S/C16H20N4/c1-13-14(2)17-12-18-16(13)20-10-8-19(9-11-20)15-6-4-3-5-7-15/h3-7,12H,8-11H2,1-2H3. The van der Waals surface area contributed by atoms with Crippen LogP contribution in [0.3, 0.4) is 0 Å². The maximum Gasteiger partial charge on any atom is 0.135 e. The molecule has 0 radical (unpaired) electrons. The van der Waals surface area contributed by atoms with Crippen molar-refractivity contribution >= 4 is 11.5 Å². The molecule has 1 aromatic carbocycles. The average Bonchev–Trinajstić information content (AvgIpc) is 2.51. The Morgan fingerprint density at radius 1 is 0.850 bits per heavy atom. The molecule has 104 valence electrons. The smallest absolute Gasteiger partial charge is 0.135 e. The fourth-order valence-corrected chi connectivity index (χ4v) is 2.66. The van der Waals surface area contributed by atoms with Crippen LogP contribution in [-0.4, -0.2) is 36.1 Å². The van der Waals surface area contributed by atoms with E-state index in [1.54, 1.807) is 6.33 Å². The molecule has 0 atom stereocenters. The number of piperazine rings is 1. The number of hydrogen-bond donors (Lipinski definition) is 0. The molecule has 0 amide bonds. The molecule has 0 bridgehead atoms. The van der Waals surface area contributed by atoms with Gasteiger partial charge >= 0.3 is 0 Å². The van der Waals surface area contributed by atoms with Crippen LogP contribution in [0.25, 0.3) is 0 Å². The van der Waals surface area contributed by atoms with Gasteiger partial charge in [0.25, 0.3) is 0 Å². The van der Waals surface area contributed by atoms with Crippen LogP contribution < -0.4 is 9.80 Å². The Kier molecular flexibility index (Phi) is 3.54. The van der Waals surface area contributed by atoms with E-state index in [4.69, 9.17) is 0 Å². The van der Waals surface area contributed by atoms with Gasteiger partial charge in [-0.25, -0.2) is 9.97 Å². The quantitative estimate of drug-likeness (QED) is 0.837. The fraction of sp³-hybridized carbons (Fsp3) is 0.375. The predicted molar refractivity (Wildman–Crippen MR) is 82.4 cm³/mol. The zero-order valence-electron chi connectivity index (χ0n) is 12.1. The number of aromatic nitrogens is 2. The number of anilines is 2. The summed E-state index contributed by atoms with van der Waals surface area (Å²) >= 11 is 0. The lowest BCUT2D eigenvalue weighted by molar-refractivity contribution is 0.644. The highest BCUT2D eigenvalue weighted by molar-refractivity contribution is 5.51. The molecule has 3 rings (SSSR count). The maximum absolute atomic E-state index is 4.46. The van der Waals surface area contributed by atoms with Gasteiger partial charge in [0.1, 0.15) is 12.1 Å². The van der Waals surface area contributed by atoms with Gasteiger partial charge in [0, 0.05) is 43.1 Å². The minimum atomic E-state index is 1.01. The van der Waals surface area contributed by atoms with E-state index >= 15 is 0 Å². The van der Waals surface area contributed by atoms with Crippen molar-refractivity contribution in [2.75, 3.05) is 36.0 Å². The molecule has 0 spiro atoms. The van der Waals surface area contributed by atoms with E-state index in [1.165, 1.54) is 11.3 Å². The lowest BCUT2D eigenvalue weighted by Gasteiger charge is -2.37. The molecule has 4 nitrogen and oxygen atoms in total. The second-order valence-corrected chi connectivity index (χ2v) is 5.22. The highest BCUT2D eigenvalue weighted by Crippen LogP contribution is 2.22. The molecule has 1 fully saturated rings. The second-order valence-electron chi connectivity index (χ2n) is 5.22. The predicted octanol–water partition coefficient (Wildman–Crippen LogP) is 2.42. The molecule has 1 aliphatic heterocycles. The molecule has 0 saturated carbocycles. The molecule has 0 N–H and O–H groups in total. The van der Waals surface area contributed by atoms with Gasteiger partial charge in [-0.05, 0) is 26.0 Å². The van der Waals surface area contributed by atoms with E-state index in [1.807, 2.05) is 6.92 Å². The molecule has 2 heterocycles. The zero-order chi connectivity index (χ0) is 13.9. The first-order valence-corrected chi connectivity index (χ1v) is 7.09. The van der Waals surface area contributed by atoms with E-state index in [0.717, 1.165) is 37.7 Å². The number of hydrogen-bond acceptors (Lipinski definition) is 4. The van der Waals surface area contributed by atoms with Gasteiger partial charge in [-0.1, -0.05) is 18.2 Å². The van der Waals surface area contributed by atoms with Crippen LogP contribution in [0.15, 0.2) is 36.7 Å². The minimum absolute atomic E-state index is 1.01. The molecular weight excluding hydrogens is 248 g/mol. The Morgan fingerprint density at radius 3 is 2.20 bits per heavy atom. The van der Waals surface area contributed by atoms with Gasteiger partial charge in [-0.2, -0.15) is 0 Å². The number of nitrogens with zero attached hydrogens (tertiary/aromatic N) is 4. The van der Waals surface area contributed by atoms with Crippen LogP contribution in [0.2, 0.25) is 0 Å². The van der Waals surface area contributed by atoms with E-state index < -0.39 is 0 Å². The van der Waals surface area contributed by atoms with Crippen LogP contribution in [0.5, 0.6) is 0 Å². The van der Waals surface area contributed by atoms with E-state index in [0.29, 0.717) is 0 Å². The normalized spacial score (nSPS) is 15.5. The Morgan fingerprint density at radius 2 is 1.50 bits per heavy atom. The summed E-state index contributed by atoms with van der Waals surface area (Å²) in [5, 5.41) is 0. The van der Waals surface area contributed by atoms with Crippen molar-refractivity contribution in [3.05, 3.63) is 47.9 Å². The Hall–Kier alpha value is -2.10. The van der Waals surface area contributed by atoms with Crippen molar-refractivity contribution < 1.29 is 0 Å². The summed E-state index contributed by atoms with van der Waals surface area (Å²) < 4.78 is 0. The lowest BCUT2D eigenvalue weighted by atomic mass is 10.2. The van der Waals surface area contributed by atoms with Crippen LogP contribution in [0, 0.1) is 13.8 Å². The highest BCUT2D eigenvalue weighted by Gasteiger charge is 2.20. The summed E-state index contributed by atoms with van der Waals surface area (Å²) in [6.45, 7) is 8.23. The molecule has 20 heavy (non-hydrogen) atoms.